The highest BCUT2D eigenvalue weighted by molar-refractivity contribution is 5.98. The molecule has 1 aromatic carbocycles. The predicted octanol–water partition coefficient (Wildman–Crippen LogP) is 2.63. The molecule has 0 radical (unpaired) electrons. The molecule has 1 N–H and O–H groups in total. The maximum atomic E-state index is 12.3. The van der Waals surface area contributed by atoms with Crippen LogP contribution in [-0.2, 0) is 4.79 Å². The van der Waals surface area contributed by atoms with E-state index in [0.29, 0.717) is 18.5 Å². The minimum Gasteiger partial charge on any atom is -0.494 e. The van der Waals surface area contributed by atoms with Gasteiger partial charge in [-0.15, -0.1) is 0 Å². The van der Waals surface area contributed by atoms with Crippen molar-refractivity contribution in [2.24, 2.45) is 5.41 Å². The molecule has 0 spiro atoms. The van der Waals surface area contributed by atoms with E-state index < -0.39 is 10.3 Å². The number of nitro groups is 1. The van der Waals surface area contributed by atoms with Crippen molar-refractivity contribution in [3.8, 4) is 11.8 Å². The summed E-state index contributed by atoms with van der Waals surface area (Å²) in [6.07, 6.45) is 2.76. The number of carbonyl (C=O) groups is 1. The second-order valence-electron chi connectivity index (χ2n) is 5.00. The number of amides is 1. The lowest BCUT2D eigenvalue weighted by molar-refractivity contribution is -0.384. The fourth-order valence-electron chi connectivity index (χ4n) is 2.51. The number of hydrogen-bond acceptors (Lipinski definition) is 5. The smallest absolute Gasteiger partial charge is 0.273 e. The third-order valence-corrected chi connectivity index (χ3v) is 3.75. The van der Waals surface area contributed by atoms with E-state index >= 15 is 0 Å². The van der Waals surface area contributed by atoms with Gasteiger partial charge in [0.1, 0.15) is 11.2 Å². The summed E-state index contributed by atoms with van der Waals surface area (Å²) in [6.45, 7) is 0. The number of nitrogens with zero attached hydrogens (tertiary/aromatic N) is 2. The van der Waals surface area contributed by atoms with E-state index in [1.54, 1.807) is 0 Å². The van der Waals surface area contributed by atoms with E-state index in [4.69, 9.17) is 4.74 Å². The van der Waals surface area contributed by atoms with Crippen molar-refractivity contribution >= 4 is 17.3 Å². The molecule has 0 atom stereocenters. The Kier molecular flexibility index (Phi) is 4.08. The van der Waals surface area contributed by atoms with Crippen LogP contribution >= 0.6 is 0 Å². The van der Waals surface area contributed by atoms with Gasteiger partial charge in [0.25, 0.3) is 5.69 Å². The van der Waals surface area contributed by atoms with Gasteiger partial charge in [-0.1, -0.05) is 12.8 Å². The number of non-ortho nitro benzene ring substituents is 1. The van der Waals surface area contributed by atoms with Crippen molar-refractivity contribution in [1.82, 2.24) is 0 Å². The number of ether oxygens (including phenoxy) is 1. The Balaban J connectivity index is 2.25. The number of benzene rings is 1. The van der Waals surface area contributed by atoms with Gasteiger partial charge in [0.2, 0.25) is 5.91 Å². The molecule has 0 aliphatic heterocycles. The van der Waals surface area contributed by atoms with Crippen molar-refractivity contribution in [2.75, 3.05) is 12.4 Å². The summed E-state index contributed by atoms with van der Waals surface area (Å²) in [4.78, 5) is 22.5. The number of nitriles is 1. The Bertz CT molecular complexity index is 615. The molecule has 0 bridgehead atoms. The van der Waals surface area contributed by atoms with Gasteiger partial charge in [0, 0.05) is 6.07 Å². The van der Waals surface area contributed by atoms with E-state index in [-0.39, 0.29) is 17.3 Å². The lowest BCUT2D eigenvalue weighted by Crippen LogP contribution is -2.32. The minimum absolute atomic E-state index is 0.124. The van der Waals surface area contributed by atoms with Gasteiger partial charge >= 0.3 is 0 Å². The average molecular weight is 289 g/mol. The molecule has 1 amide bonds. The maximum absolute atomic E-state index is 12.3. The largest absolute Gasteiger partial charge is 0.494 e. The van der Waals surface area contributed by atoms with Crippen LogP contribution in [-0.4, -0.2) is 17.9 Å². The molecule has 0 unspecified atom stereocenters. The summed E-state index contributed by atoms with van der Waals surface area (Å²) in [5.74, 6) is -0.182. The summed E-state index contributed by atoms with van der Waals surface area (Å²) in [7, 11) is 1.37. The number of hydrogen-bond donors (Lipinski definition) is 1. The molecular weight excluding hydrogens is 274 g/mol. The summed E-state index contributed by atoms with van der Waals surface area (Å²) >= 11 is 0. The zero-order chi connectivity index (χ0) is 15.5. The van der Waals surface area contributed by atoms with E-state index in [2.05, 4.69) is 11.4 Å². The van der Waals surface area contributed by atoms with Gasteiger partial charge in [-0.2, -0.15) is 5.26 Å². The van der Waals surface area contributed by atoms with E-state index in [1.165, 1.54) is 25.3 Å². The third-order valence-electron chi connectivity index (χ3n) is 3.75. The second kappa shape index (κ2) is 5.79. The first-order chi connectivity index (χ1) is 10.0. The van der Waals surface area contributed by atoms with Crippen molar-refractivity contribution in [1.29, 1.82) is 5.26 Å². The molecule has 0 aromatic heterocycles. The van der Waals surface area contributed by atoms with Crippen LogP contribution in [0.15, 0.2) is 18.2 Å². The molecule has 0 saturated heterocycles. The average Bonchev–Trinajstić information content (AvgIpc) is 2.97. The minimum atomic E-state index is -1.01. The van der Waals surface area contributed by atoms with Gasteiger partial charge in [-0.05, 0) is 18.9 Å². The van der Waals surface area contributed by atoms with E-state index in [1.807, 2.05) is 0 Å². The Morgan fingerprint density at radius 1 is 1.48 bits per heavy atom. The van der Waals surface area contributed by atoms with Crippen molar-refractivity contribution in [2.45, 2.75) is 25.7 Å². The number of nitrogens with one attached hydrogen (secondary N) is 1. The second-order valence-corrected chi connectivity index (χ2v) is 5.00. The third kappa shape index (κ3) is 2.79. The fraction of sp³-hybridized carbons (Fsp3) is 0.429. The molecule has 1 aliphatic rings. The Hall–Kier alpha value is -2.62. The highest BCUT2D eigenvalue weighted by Crippen LogP contribution is 2.39. The lowest BCUT2D eigenvalue weighted by Gasteiger charge is -2.20. The number of nitro benzene ring substituents is 1. The monoisotopic (exact) mass is 289 g/mol. The molecular formula is C14H15N3O4. The van der Waals surface area contributed by atoms with E-state index in [9.17, 15) is 20.2 Å². The fourth-order valence-corrected chi connectivity index (χ4v) is 2.51. The van der Waals surface area contributed by atoms with Crippen molar-refractivity contribution in [3.63, 3.8) is 0 Å². The highest BCUT2D eigenvalue weighted by Gasteiger charge is 2.41. The number of rotatable bonds is 4. The van der Waals surface area contributed by atoms with Crippen LogP contribution in [0.2, 0.25) is 0 Å². The molecule has 1 aromatic rings. The quantitative estimate of drug-likeness (QED) is 0.677. The first-order valence-corrected chi connectivity index (χ1v) is 6.57. The molecule has 0 heterocycles. The van der Waals surface area contributed by atoms with E-state index in [0.717, 1.165) is 12.8 Å². The van der Waals surface area contributed by atoms with Gasteiger partial charge in [0.05, 0.1) is 29.9 Å². The molecule has 110 valence electrons. The summed E-state index contributed by atoms with van der Waals surface area (Å²) in [5.41, 5.74) is -0.803. The molecule has 2 rings (SSSR count). The first kappa shape index (κ1) is 14.8. The number of anilines is 1. The van der Waals surface area contributed by atoms with Crippen molar-refractivity contribution < 1.29 is 14.5 Å². The molecule has 1 aliphatic carbocycles. The maximum Gasteiger partial charge on any atom is 0.273 e. The molecule has 7 nitrogen and oxygen atoms in total. The Labute approximate surface area is 121 Å². The lowest BCUT2D eigenvalue weighted by atomic mass is 9.87. The van der Waals surface area contributed by atoms with Crippen LogP contribution in [0, 0.1) is 26.9 Å². The summed E-state index contributed by atoms with van der Waals surface area (Å²) < 4.78 is 5.06. The Morgan fingerprint density at radius 2 is 2.14 bits per heavy atom. The molecule has 21 heavy (non-hydrogen) atoms. The molecule has 1 fully saturated rings. The summed E-state index contributed by atoms with van der Waals surface area (Å²) in [5, 5.41) is 22.7. The van der Waals surface area contributed by atoms with Crippen LogP contribution in [0.4, 0.5) is 11.4 Å². The zero-order valence-electron chi connectivity index (χ0n) is 11.6. The number of methoxy groups -OCH3 is 1. The first-order valence-electron chi connectivity index (χ1n) is 6.57. The standard InChI is InChI=1S/C14H15N3O4/c1-21-12-8-10(17(19)20)4-5-11(12)16-13(18)14(9-15)6-2-3-7-14/h4-5,8H,2-3,6-7H2,1H3,(H,16,18). The topological polar surface area (TPSA) is 105 Å². The zero-order valence-corrected chi connectivity index (χ0v) is 11.6. The van der Waals surface area contributed by atoms with Gasteiger partial charge in [-0.25, -0.2) is 0 Å². The molecule has 7 heteroatoms. The number of carbonyl (C=O) groups excluding carboxylic acids is 1. The predicted molar refractivity (Wildman–Crippen MR) is 74.8 cm³/mol. The van der Waals surface area contributed by atoms with Gasteiger partial charge in [-0.3, -0.25) is 14.9 Å². The molecule has 1 saturated carbocycles. The SMILES string of the molecule is COc1cc([N+](=O)[O-])ccc1NC(=O)C1(C#N)CCCC1. The van der Waals surface area contributed by atoms with Gasteiger partial charge < -0.3 is 10.1 Å². The van der Waals surface area contributed by atoms with Crippen molar-refractivity contribution in [3.05, 3.63) is 28.3 Å². The van der Waals surface area contributed by atoms with Crippen LogP contribution in [0.3, 0.4) is 0 Å². The van der Waals surface area contributed by atoms with Gasteiger partial charge in [0.15, 0.2) is 0 Å². The van der Waals surface area contributed by atoms with Crippen LogP contribution in [0.5, 0.6) is 5.75 Å². The summed E-state index contributed by atoms with van der Waals surface area (Å²) in [6, 6.07) is 6.04. The van der Waals surface area contributed by atoms with Crippen LogP contribution < -0.4 is 10.1 Å². The normalized spacial score (nSPS) is 16.0. The Morgan fingerprint density at radius 3 is 2.67 bits per heavy atom. The van der Waals surface area contributed by atoms with Crippen LogP contribution in [0.1, 0.15) is 25.7 Å². The highest BCUT2D eigenvalue weighted by atomic mass is 16.6. The van der Waals surface area contributed by atoms with Crippen LogP contribution in [0.25, 0.3) is 0 Å².